The maximum absolute atomic E-state index is 12.4. The highest BCUT2D eigenvalue weighted by Gasteiger charge is 2.37. The minimum absolute atomic E-state index is 0.0385. The van der Waals surface area contributed by atoms with Gasteiger partial charge in [-0.25, -0.2) is 0 Å². The summed E-state index contributed by atoms with van der Waals surface area (Å²) in [6.45, 7) is 0. The Bertz CT molecular complexity index is 477. The Morgan fingerprint density at radius 2 is 2.06 bits per heavy atom. The van der Waals surface area contributed by atoms with Crippen molar-refractivity contribution in [2.45, 2.75) is 38.0 Å². The third-order valence-corrected chi connectivity index (χ3v) is 4.48. The lowest BCUT2D eigenvalue weighted by Gasteiger charge is -2.15. The van der Waals surface area contributed by atoms with Crippen LogP contribution in [0.2, 0.25) is 0 Å². The molecule has 1 aromatic carbocycles. The Balaban J connectivity index is 1.92. The average Bonchev–Trinajstić information content (AvgIpc) is 2.94. The van der Waals surface area contributed by atoms with Gasteiger partial charge < -0.3 is 10.6 Å². The lowest BCUT2D eigenvalue weighted by Crippen LogP contribution is -2.25. The molecular formula is C15H20N2O. The van der Waals surface area contributed by atoms with Crippen LogP contribution < -0.4 is 10.6 Å². The zero-order valence-electron chi connectivity index (χ0n) is 10.9. The third kappa shape index (κ3) is 1.69. The molecule has 3 nitrogen and oxygen atoms in total. The molecule has 0 aromatic heterocycles. The molecule has 18 heavy (non-hydrogen) atoms. The van der Waals surface area contributed by atoms with Crippen LogP contribution in [0.1, 0.15) is 43.6 Å². The van der Waals surface area contributed by atoms with E-state index in [2.05, 4.69) is 6.07 Å². The summed E-state index contributed by atoms with van der Waals surface area (Å²) in [5.74, 6) is 0.978. The normalized spacial score (nSPS) is 23.7. The van der Waals surface area contributed by atoms with E-state index in [0.29, 0.717) is 0 Å². The van der Waals surface area contributed by atoms with Crippen LogP contribution in [0.3, 0.4) is 0 Å². The third-order valence-electron chi connectivity index (χ3n) is 4.48. The van der Waals surface area contributed by atoms with E-state index in [0.717, 1.165) is 29.3 Å². The molecule has 0 radical (unpaired) electrons. The SMILES string of the molecule is CN1C(=O)C(CC2CCCC2)c2cccc(N)c21. The molecule has 1 aromatic rings. The van der Waals surface area contributed by atoms with Crippen LogP contribution in [-0.4, -0.2) is 13.0 Å². The summed E-state index contributed by atoms with van der Waals surface area (Å²) in [7, 11) is 1.84. The Morgan fingerprint density at radius 1 is 1.33 bits per heavy atom. The number of rotatable bonds is 2. The second-order valence-electron chi connectivity index (χ2n) is 5.62. The zero-order chi connectivity index (χ0) is 12.7. The first-order chi connectivity index (χ1) is 8.68. The smallest absolute Gasteiger partial charge is 0.234 e. The van der Waals surface area contributed by atoms with Crippen molar-refractivity contribution in [1.82, 2.24) is 0 Å². The monoisotopic (exact) mass is 244 g/mol. The fourth-order valence-corrected chi connectivity index (χ4v) is 3.53. The number of anilines is 2. The minimum Gasteiger partial charge on any atom is -0.397 e. The van der Waals surface area contributed by atoms with E-state index in [1.807, 2.05) is 19.2 Å². The molecule has 2 N–H and O–H groups in total. The van der Waals surface area contributed by atoms with Gasteiger partial charge in [0.25, 0.3) is 0 Å². The molecule has 1 atom stereocenters. The molecule has 1 heterocycles. The van der Waals surface area contributed by atoms with Gasteiger partial charge in [0.2, 0.25) is 5.91 Å². The number of likely N-dealkylation sites (N-methyl/N-ethyl adjacent to an activating group) is 1. The van der Waals surface area contributed by atoms with E-state index >= 15 is 0 Å². The van der Waals surface area contributed by atoms with Crippen LogP contribution in [0.25, 0.3) is 0 Å². The van der Waals surface area contributed by atoms with Crippen LogP contribution in [0.15, 0.2) is 18.2 Å². The van der Waals surface area contributed by atoms with E-state index in [4.69, 9.17) is 5.73 Å². The molecule has 1 aliphatic carbocycles. The number of nitrogens with two attached hydrogens (primary N) is 1. The van der Waals surface area contributed by atoms with Crippen molar-refractivity contribution < 1.29 is 4.79 Å². The van der Waals surface area contributed by atoms with Crippen molar-refractivity contribution >= 4 is 17.3 Å². The molecule has 3 rings (SSSR count). The molecule has 1 saturated carbocycles. The lowest BCUT2D eigenvalue weighted by molar-refractivity contribution is -0.119. The summed E-state index contributed by atoms with van der Waals surface area (Å²) in [4.78, 5) is 14.1. The van der Waals surface area contributed by atoms with Gasteiger partial charge in [-0.1, -0.05) is 37.8 Å². The molecule has 0 bridgehead atoms. The van der Waals surface area contributed by atoms with Crippen LogP contribution in [0.5, 0.6) is 0 Å². The molecule has 0 spiro atoms. The van der Waals surface area contributed by atoms with Crippen LogP contribution in [0, 0.1) is 5.92 Å². The summed E-state index contributed by atoms with van der Waals surface area (Å²) < 4.78 is 0. The van der Waals surface area contributed by atoms with E-state index in [-0.39, 0.29) is 11.8 Å². The Morgan fingerprint density at radius 3 is 2.78 bits per heavy atom. The molecule has 96 valence electrons. The first kappa shape index (κ1) is 11.6. The maximum atomic E-state index is 12.4. The molecule has 0 saturated heterocycles. The molecule has 1 fully saturated rings. The van der Waals surface area contributed by atoms with Gasteiger partial charge in [0, 0.05) is 7.05 Å². The number of hydrogen-bond donors (Lipinski definition) is 1. The summed E-state index contributed by atoms with van der Waals surface area (Å²) >= 11 is 0. The molecule has 2 aliphatic rings. The van der Waals surface area contributed by atoms with Crippen LogP contribution >= 0.6 is 0 Å². The molecular weight excluding hydrogens is 224 g/mol. The average molecular weight is 244 g/mol. The number of para-hydroxylation sites is 1. The van der Waals surface area contributed by atoms with E-state index in [1.54, 1.807) is 4.90 Å². The fourth-order valence-electron chi connectivity index (χ4n) is 3.53. The zero-order valence-corrected chi connectivity index (χ0v) is 10.9. The van der Waals surface area contributed by atoms with Crippen molar-refractivity contribution in [3.8, 4) is 0 Å². The largest absolute Gasteiger partial charge is 0.397 e. The topological polar surface area (TPSA) is 46.3 Å². The first-order valence-corrected chi connectivity index (χ1v) is 6.84. The highest BCUT2D eigenvalue weighted by atomic mass is 16.2. The van der Waals surface area contributed by atoms with Gasteiger partial charge in [0.05, 0.1) is 17.3 Å². The number of amides is 1. The van der Waals surface area contributed by atoms with Gasteiger partial charge in [-0.2, -0.15) is 0 Å². The number of fused-ring (bicyclic) bond motifs is 1. The standard InChI is InChI=1S/C15H20N2O/c1-17-14-11(7-4-8-13(14)16)12(15(17)18)9-10-5-2-3-6-10/h4,7-8,10,12H,2-3,5-6,9,16H2,1H3. The van der Waals surface area contributed by atoms with Gasteiger partial charge in [-0.15, -0.1) is 0 Å². The summed E-state index contributed by atoms with van der Waals surface area (Å²) in [6, 6.07) is 5.90. The second kappa shape index (κ2) is 4.30. The predicted octanol–water partition coefficient (Wildman–Crippen LogP) is 2.91. The van der Waals surface area contributed by atoms with Crippen LogP contribution in [-0.2, 0) is 4.79 Å². The number of nitrogens with zero attached hydrogens (tertiary/aromatic N) is 1. The quantitative estimate of drug-likeness (QED) is 0.813. The molecule has 1 amide bonds. The van der Waals surface area contributed by atoms with Crippen molar-refractivity contribution in [2.75, 3.05) is 17.7 Å². The number of benzene rings is 1. The molecule has 1 unspecified atom stereocenters. The number of carbonyl (C=O) groups excluding carboxylic acids is 1. The Kier molecular flexibility index (Phi) is 2.77. The van der Waals surface area contributed by atoms with Gasteiger partial charge in [0.15, 0.2) is 0 Å². The second-order valence-corrected chi connectivity index (χ2v) is 5.62. The van der Waals surface area contributed by atoms with Gasteiger partial charge in [-0.3, -0.25) is 4.79 Å². The number of hydrogen-bond acceptors (Lipinski definition) is 2. The predicted molar refractivity (Wildman–Crippen MR) is 73.6 cm³/mol. The summed E-state index contributed by atoms with van der Waals surface area (Å²) in [5, 5.41) is 0. The highest BCUT2D eigenvalue weighted by molar-refractivity contribution is 6.07. The van der Waals surface area contributed by atoms with Crippen LogP contribution in [0.4, 0.5) is 11.4 Å². The highest BCUT2D eigenvalue weighted by Crippen LogP contribution is 2.45. The van der Waals surface area contributed by atoms with Gasteiger partial charge >= 0.3 is 0 Å². The summed E-state index contributed by atoms with van der Waals surface area (Å²) in [6.07, 6.45) is 6.21. The van der Waals surface area contributed by atoms with Gasteiger partial charge in [0.1, 0.15) is 0 Å². The minimum atomic E-state index is 0.0385. The van der Waals surface area contributed by atoms with E-state index in [9.17, 15) is 4.79 Å². The molecule has 1 aliphatic heterocycles. The van der Waals surface area contributed by atoms with Crippen molar-refractivity contribution in [3.63, 3.8) is 0 Å². The summed E-state index contributed by atoms with van der Waals surface area (Å²) in [5.41, 5.74) is 8.79. The van der Waals surface area contributed by atoms with E-state index < -0.39 is 0 Å². The van der Waals surface area contributed by atoms with Crippen molar-refractivity contribution in [1.29, 1.82) is 0 Å². The van der Waals surface area contributed by atoms with Crippen molar-refractivity contribution in [3.05, 3.63) is 23.8 Å². The number of nitrogen functional groups attached to an aromatic ring is 1. The van der Waals surface area contributed by atoms with E-state index in [1.165, 1.54) is 25.7 Å². The van der Waals surface area contributed by atoms with Crippen molar-refractivity contribution in [2.24, 2.45) is 5.92 Å². The maximum Gasteiger partial charge on any atom is 0.234 e. The Hall–Kier alpha value is -1.51. The van der Waals surface area contributed by atoms with Gasteiger partial charge in [-0.05, 0) is 24.0 Å². The molecule has 3 heteroatoms. The number of carbonyl (C=O) groups is 1. The first-order valence-electron chi connectivity index (χ1n) is 6.84. The lowest BCUT2D eigenvalue weighted by atomic mass is 9.89. The fraction of sp³-hybridized carbons (Fsp3) is 0.533. The Labute approximate surface area is 108 Å².